The number of amidine groups is 1. The van der Waals surface area contributed by atoms with Gasteiger partial charge in [-0.1, -0.05) is 35.5 Å². The summed E-state index contributed by atoms with van der Waals surface area (Å²) >= 11 is 7.14. The fourth-order valence-corrected chi connectivity index (χ4v) is 1.81. The van der Waals surface area contributed by atoms with E-state index >= 15 is 0 Å². The zero-order valence-corrected chi connectivity index (χ0v) is 10.3. The molecule has 0 aliphatic heterocycles. The van der Waals surface area contributed by atoms with Gasteiger partial charge in [0.1, 0.15) is 0 Å². The zero-order valence-electron chi connectivity index (χ0n) is 8.68. The molecule has 0 unspecified atom stereocenters. The fraction of sp³-hybridized carbons (Fsp3) is 0.100. The summed E-state index contributed by atoms with van der Waals surface area (Å²) in [6.45, 7) is 0. The van der Waals surface area contributed by atoms with Crippen LogP contribution in [0.1, 0.15) is 5.89 Å². The number of nitrogens with zero attached hydrogens (tertiary/aromatic N) is 2. The summed E-state index contributed by atoms with van der Waals surface area (Å²) in [6.07, 6.45) is 0. The van der Waals surface area contributed by atoms with Crippen molar-refractivity contribution in [1.82, 2.24) is 10.2 Å². The van der Waals surface area contributed by atoms with E-state index in [9.17, 15) is 0 Å². The summed E-state index contributed by atoms with van der Waals surface area (Å²) < 4.78 is 5.42. The van der Waals surface area contributed by atoms with Crippen molar-refractivity contribution < 1.29 is 4.42 Å². The van der Waals surface area contributed by atoms with E-state index in [4.69, 9.17) is 27.2 Å². The molecule has 0 bridgehead atoms. The number of hydrogen-bond donors (Lipinski definition) is 2. The second kappa shape index (κ2) is 5.20. The molecular weight excluding hydrogens is 260 g/mol. The highest BCUT2D eigenvalue weighted by Crippen LogP contribution is 2.26. The number of thioether (sulfide) groups is 1. The van der Waals surface area contributed by atoms with E-state index in [1.165, 1.54) is 0 Å². The maximum atomic E-state index is 7.08. The van der Waals surface area contributed by atoms with Crippen LogP contribution in [0.2, 0.25) is 5.02 Å². The van der Waals surface area contributed by atoms with E-state index in [1.54, 1.807) is 12.1 Å². The van der Waals surface area contributed by atoms with Gasteiger partial charge in [0.2, 0.25) is 11.8 Å². The Morgan fingerprint density at radius 2 is 2.18 bits per heavy atom. The molecule has 5 nitrogen and oxygen atoms in total. The van der Waals surface area contributed by atoms with Gasteiger partial charge >= 0.3 is 0 Å². The fourth-order valence-electron chi connectivity index (χ4n) is 1.19. The molecule has 7 heteroatoms. The first-order chi connectivity index (χ1) is 8.16. The van der Waals surface area contributed by atoms with Crippen LogP contribution in [0.25, 0.3) is 11.5 Å². The number of benzene rings is 1. The Morgan fingerprint density at radius 1 is 1.41 bits per heavy atom. The predicted octanol–water partition coefficient (Wildman–Crippen LogP) is 2.52. The lowest BCUT2D eigenvalue weighted by molar-refractivity contribution is 0.529. The van der Waals surface area contributed by atoms with Gasteiger partial charge in [0.15, 0.2) is 5.17 Å². The van der Waals surface area contributed by atoms with Crippen LogP contribution in [0.4, 0.5) is 0 Å². The topological polar surface area (TPSA) is 88.8 Å². The third-order valence-corrected chi connectivity index (χ3v) is 2.95. The lowest BCUT2D eigenvalue weighted by Gasteiger charge is -1.96. The van der Waals surface area contributed by atoms with Gasteiger partial charge in [0.25, 0.3) is 0 Å². The Labute approximate surface area is 107 Å². The highest BCUT2D eigenvalue weighted by Gasteiger charge is 2.11. The van der Waals surface area contributed by atoms with Crippen molar-refractivity contribution in [3.63, 3.8) is 0 Å². The highest BCUT2D eigenvalue weighted by atomic mass is 35.5. The summed E-state index contributed by atoms with van der Waals surface area (Å²) in [4.78, 5) is 0. The molecule has 3 N–H and O–H groups in total. The number of rotatable bonds is 3. The molecule has 17 heavy (non-hydrogen) atoms. The third-order valence-electron chi connectivity index (χ3n) is 1.92. The number of halogens is 1. The molecule has 0 fully saturated rings. The molecule has 0 amide bonds. The van der Waals surface area contributed by atoms with Crippen LogP contribution >= 0.6 is 23.4 Å². The van der Waals surface area contributed by atoms with Crippen molar-refractivity contribution >= 4 is 28.5 Å². The standard InChI is InChI=1S/C10H9ClN4OS/c11-7-4-2-1-3-6(7)9-15-14-8(16-9)5-17-10(12)13/h1-4H,5H2,(H3,12,13). The minimum atomic E-state index is 0.0162. The summed E-state index contributed by atoms with van der Waals surface area (Å²) in [6, 6.07) is 7.23. The van der Waals surface area contributed by atoms with E-state index in [0.717, 1.165) is 11.8 Å². The molecule has 0 spiro atoms. The molecule has 0 saturated carbocycles. The molecule has 0 saturated heterocycles. The van der Waals surface area contributed by atoms with Crippen molar-refractivity contribution in [3.05, 3.63) is 35.2 Å². The Kier molecular flexibility index (Phi) is 3.65. The first-order valence-corrected chi connectivity index (χ1v) is 6.07. The van der Waals surface area contributed by atoms with Gasteiger partial charge in [-0.05, 0) is 12.1 Å². The average Bonchev–Trinajstić information content (AvgIpc) is 2.75. The maximum Gasteiger partial charge on any atom is 0.249 e. The lowest BCUT2D eigenvalue weighted by Crippen LogP contribution is -2.03. The summed E-state index contributed by atoms with van der Waals surface area (Å²) in [7, 11) is 0. The number of nitrogens with two attached hydrogens (primary N) is 1. The van der Waals surface area contributed by atoms with Crippen LogP contribution in [-0.2, 0) is 5.75 Å². The van der Waals surface area contributed by atoms with Gasteiger partial charge in [-0.15, -0.1) is 10.2 Å². The molecule has 1 heterocycles. The van der Waals surface area contributed by atoms with Crippen LogP contribution in [0.15, 0.2) is 28.7 Å². The van der Waals surface area contributed by atoms with Crippen molar-refractivity contribution in [2.75, 3.05) is 0 Å². The summed E-state index contributed by atoms with van der Waals surface area (Å²) in [5.74, 6) is 1.17. The van der Waals surface area contributed by atoms with E-state index in [2.05, 4.69) is 10.2 Å². The minimum Gasteiger partial charge on any atom is -0.420 e. The molecule has 0 atom stereocenters. The molecule has 88 valence electrons. The normalized spacial score (nSPS) is 10.4. The van der Waals surface area contributed by atoms with Crippen LogP contribution in [0.5, 0.6) is 0 Å². The zero-order chi connectivity index (χ0) is 12.3. The second-order valence-electron chi connectivity index (χ2n) is 3.13. The van der Waals surface area contributed by atoms with Crippen molar-refractivity contribution in [2.45, 2.75) is 5.75 Å². The summed E-state index contributed by atoms with van der Waals surface area (Å²) in [5, 5.41) is 15.4. The van der Waals surface area contributed by atoms with Crippen LogP contribution in [0.3, 0.4) is 0 Å². The molecule has 1 aromatic heterocycles. The van der Waals surface area contributed by atoms with Gasteiger partial charge in [0, 0.05) is 0 Å². The predicted molar refractivity (Wildman–Crippen MR) is 68.0 cm³/mol. The molecule has 2 rings (SSSR count). The van der Waals surface area contributed by atoms with Crippen molar-refractivity contribution in [3.8, 4) is 11.5 Å². The Bertz CT molecular complexity index is 543. The van der Waals surface area contributed by atoms with E-state index in [1.807, 2.05) is 12.1 Å². The SMILES string of the molecule is N=C(N)SCc1nnc(-c2ccccc2Cl)o1. The smallest absolute Gasteiger partial charge is 0.249 e. The van der Waals surface area contributed by atoms with Crippen molar-refractivity contribution in [1.29, 1.82) is 5.41 Å². The number of nitrogens with one attached hydrogen (secondary N) is 1. The third kappa shape index (κ3) is 2.98. The maximum absolute atomic E-state index is 7.08. The molecule has 2 aromatic rings. The van der Waals surface area contributed by atoms with Crippen LogP contribution in [0, 0.1) is 5.41 Å². The Morgan fingerprint density at radius 3 is 2.88 bits per heavy atom. The molecule has 1 aromatic carbocycles. The minimum absolute atomic E-state index is 0.0162. The van der Waals surface area contributed by atoms with Gasteiger partial charge < -0.3 is 10.2 Å². The number of hydrogen-bond acceptors (Lipinski definition) is 5. The van der Waals surface area contributed by atoms with E-state index in [0.29, 0.717) is 28.1 Å². The molecular formula is C10H9ClN4OS. The Hall–Kier alpha value is -1.53. The summed E-state index contributed by atoms with van der Waals surface area (Å²) in [5.41, 5.74) is 5.91. The average molecular weight is 269 g/mol. The quantitative estimate of drug-likeness (QED) is 0.659. The van der Waals surface area contributed by atoms with E-state index in [-0.39, 0.29) is 5.17 Å². The van der Waals surface area contributed by atoms with Crippen LogP contribution < -0.4 is 5.73 Å². The van der Waals surface area contributed by atoms with Gasteiger partial charge in [-0.3, -0.25) is 5.41 Å². The first-order valence-electron chi connectivity index (χ1n) is 4.71. The van der Waals surface area contributed by atoms with Crippen molar-refractivity contribution in [2.24, 2.45) is 5.73 Å². The molecule has 0 aliphatic carbocycles. The van der Waals surface area contributed by atoms with Crippen LogP contribution in [-0.4, -0.2) is 15.4 Å². The monoisotopic (exact) mass is 268 g/mol. The van der Waals surface area contributed by atoms with E-state index < -0.39 is 0 Å². The Balaban J connectivity index is 2.18. The second-order valence-corrected chi connectivity index (χ2v) is 4.56. The van der Waals surface area contributed by atoms with Gasteiger partial charge in [-0.25, -0.2) is 0 Å². The lowest BCUT2D eigenvalue weighted by atomic mass is 10.2. The first kappa shape index (κ1) is 11.9. The molecule has 0 radical (unpaired) electrons. The highest BCUT2D eigenvalue weighted by molar-refractivity contribution is 8.12. The molecule has 0 aliphatic rings. The largest absolute Gasteiger partial charge is 0.420 e. The van der Waals surface area contributed by atoms with Gasteiger partial charge in [-0.2, -0.15) is 0 Å². The van der Waals surface area contributed by atoms with Gasteiger partial charge in [0.05, 0.1) is 16.3 Å². The number of aromatic nitrogens is 2.